The summed E-state index contributed by atoms with van der Waals surface area (Å²) in [4.78, 5) is 9.51. The molecule has 6 nitrogen and oxygen atoms in total. The summed E-state index contributed by atoms with van der Waals surface area (Å²) in [5.41, 5.74) is 1.96. The molecule has 3 aromatic rings. The molecular formula is C20H20N6. The monoisotopic (exact) mass is 344 g/mol. The van der Waals surface area contributed by atoms with Crippen molar-refractivity contribution in [1.82, 2.24) is 19.7 Å². The topological polar surface area (TPSA) is 61.0 Å². The molecule has 0 spiro atoms. The van der Waals surface area contributed by atoms with Crippen LogP contribution in [0.3, 0.4) is 0 Å². The van der Waals surface area contributed by atoms with Crippen LogP contribution in [-0.4, -0.2) is 45.8 Å². The Balaban J connectivity index is 1.37. The fourth-order valence-electron chi connectivity index (χ4n) is 3.20. The molecule has 2 aromatic heterocycles. The van der Waals surface area contributed by atoms with Crippen molar-refractivity contribution in [1.29, 1.82) is 5.26 Å². The summed E-state index contributed by atoms with van der Waals surface area (Å²) in [6.07, 6.45) is 3.66. The maximum Gasteiger partial charge on any atom is 0.155 e. The summed E-state index contributed by atoms with van der Waals surface area (Å²) < 4.78 is 1.78. The van der Waals surface area contributed by atoms with E-state index in [1.54, 1.807) is 10.9 Å². The van der Waals surface area contributed by atoms with Crippen LogP contribution in [0.15, 0.2) is 60.9 Å². The third-order valence-electron chi connectivity index (χ3n) is 4.64. The van der Waals surface area contributed by atoms with E-state index in [-0.39, 0.29) is 0 Å². The smallest absolute Gasteiger partial charge is 0.155 e. The van der Waals surface area contributed by atoms with Crippen molar-refractivity contribution in [2.75, 3.05) is 31.1 Å². The lowest BCUT2D eigenvalue weighted by Crippen LogP contribution is -2.46. The van der Waals surface area contributed by atoms with Gasteiger partial charge >= 0.3 is 0 Å². The molecule has 1 aliphatic heterocycles. The average Bonchev–Trinajstić information content (AvgIpc) is 3.24. The number of rotatable bonds is 4. The van der Waals surface area contributed by atoms with Gasteiger partial charge in [-0.1, -0.05) is 18.2 Å². The summed E-state index contributed by atoms with van der Waals surface area (Å²) >= 11 is 0. The predicted octanol–water partition coefficient (Wildman–Crippen LogP) is 2.46. The van der Waals surface area contributed by atoms with E-state index in [4.69, 9.17) is 10.2 Å². The van der Waals surface area contributed by atoms with Gasteiger partial charge in [0, 0.05) is 45.1 Å². The standard InChI is InChI=1S/C20H20N6/c21-15-17-5-7-18(8-6-17)16-24-11-13-25(14-12-24)19-3-1-4-20(23-19)26-10-2-9-22-26/h1-10H,11-14,16H2. The van der Waals surface area contributed by atoms with Gasteiger partial charge in [-0.25, -0.2) is 9.67 Å². The van der Waals surface area contributed by atoms with Gasteiger partial charge in [0.2, 0.25) is 0 Å². The quantitative estimate of drug-likeness (QED) is 0.728. The van der Waals surface area contributed by atoms with Gasteiger partial charge in [-0.05, 0) is 35.9 Å². The maximum absolute atomic E-state index is 8.89. The molecule has 0 N–H and O–H groups in total. The van der Waals surface area contributed by atoms with Crippen molar-refractivity contribution in [3.63, 3.8) is 0 Å². The van der Waals surface area contributed by atoms with Crippen molar-refractivity contribution in [3.05, 3.63) is 72.1 Å². The molecule has 1 fully saturated rings. The lowest BCUT2D eigenvalue weighted by atomic mass is 10.1. The first-order chi connectivity index (χ1) is 12.8. The fraction of sp³-hybridized carbons (Fsp3) is 0.250. The highest BCUT2D eigenvalue weighted by molar-refractivity contribution is 5.43. The second-order valence-corrected chi connectivity index (χ2v) is 6.38. The second kappa shape index (κ2) is 7.38. The van der Waals surface area contributed by atoms with Gasteiger partial charge in [0.1, 0.15) is 5.82 Å². The highest BCUT2D eigenvalue weighted by Crippen LogP contribution is 2.17. The fourth-order valence-corrected chi connectivity index (χ4v) is 3.20. The van der Waals surface area contributed by atoms with Crippen molar-refractivity contribution in [2.45, 2.75) is 6.54 Å². The van der Waals surface area contributed by atoms with Crippen LogP contribution in [0.4, 0.5) is 5.82 Å². The number of aromatic nitrogens is 3. The summed E-state index contributed by atoms with van der Waals surface area (Å²) in [6.45, 7) is 4.80. The third-order valence-corrected chi connectivity index (χ3v) is 4.64. The minimum absolute atomic E-state index is 0.710. The Labute approximate surface area is 152 Å². The molecule has 0 aliphatic carbocycles. The van der Waals surface area contributed by atoms with Gasteiger partial charge in [-0.3, -0.25) is 4.90 Å². The van der Waals surface area contributed by atoms with Crippen LogP contribution in [-0.2, 0) is 6.54 Å². The number of nitrogens with zero attached hydrogens (tertiary/aromatic N) is 6. The second-order valence-electron chi connectivity index (χ2n) is 6.38. The number of piperazine rings is 1. The zero-order valence-corrected chi connectivity index (χ0v) is 14.5. The zero-order chi connectivity index (χ0) is 17.8. The van der Waals surface area contributed by atoms with E-state index in [1.807, 2.05) is 48.7 Å². The van der Waals surface area contributed by atoms with Gasteiger partial charge < -0.3 is 4.90 Å². The van der Waals surface area contributed by atoms with E-state index in [9.17, 15) is 0 Å². The Hall–Kier alpha value is -3.17. The Bertz CT molecular complexity index is 887. The first-order valence-corrected chi connectivity index (χ1v) is 8.75. The van der Waals surface area contributed by atoms with Crippen molar-refractivity contribution in [2.24, 2.45) is 0 Å². The van der Waals surface area contributed by atoms with Crippen LogP contribution in [0.25, 0.3) is 5.82 Å². The first kappa shape index (κ1) is 16.3. The predicted molar refractivity (Wildman–Crippen MR) is 100 cm³/mol. The minimum atomic E-state index is 0.710. The zero-order valence-electron chi connectivity index (χ0n) is 14.5. The summed E-state index contributed by atoms with van der Waals surface area (Å²) in [7, 11) is 0. The molecule has 1 aliphatic rings. The van der Waals surface area contributed by atoms with Crippen LogP contribution in [0.5, 0.6) is 0 Å². The van der Waals surface area contributed by atoms with Gasteiger partial charge in [0.15, 0.2) is 5.82 Å². The number of pyridine rings is 1. The molecule has 0 radical (unpaired) electrons. The molecule has 4 rings (SSSR count). The molecule has 6 heteroatoms. The van der Waals surface area contributed by atoms with Crippen molar-refractivity contribution < 1.29 is 0 Å². The van der Waals surface area contributed by atoms with Gasteiger partial charge in [-0.15, -0.1) is 0 Å². The van der Waals surface area contributed by atoms with Crippen molar-refractivity contribution in [3.8, 4) is 11.9 Å². The Morgan fingerprint density at radius 1 is 0.923 bits per heavy atom. The SMILES string of the molecule is N#Cc1ccc(CN2CCN(c3cccc(-n4cccn4)n3)CC2)cc1. The normalized spacial score (nSPS) is 15.0. The van der Waals surface area contributed by atoms with Gasteiger partial charge in [0.05, 0.1) is 11.6 Å². The lowest BCUT2D eigenvalue weighted by molar-refractivity contribution is 0.249. The molecular weight excluding hydrogens is 324 g/mol. The van der Waals surface area contributed by atoms with Crippen molar-refractivity contribution >= 4 is 5.82 Å². The minimum Gasteiger partial charge on any atom is -0.354 e. The molecule has 0 saturated carbocycles. The molecule has 0 atom stereocenters. The van der Waals surface area contributed by atoms with E-state index in [0.29, 0.717) is 5.56 Å². The van der Waals surface area contributed by atoms with Crippen LogP contribution >= 0.6 is 0 Å². The van der Waals surface area contributed by atoms with E-state index < -0.39 is 0 Å². The maximum atomic E-state index is 8.89. The van der Waals surface area contributed by atoms with E-state index >= 15 is 0 Å². The van der Waals surface area contributed by atoms with Gasteiger partial charge in [-0.2, -0.15) is 10.4 Å². The van der Waals surface area contributed by atoms with Crippen LogP contribution < -0.4 is 4.90 Å². The summed E-state index contributed by atoms with van der Waals surface area (Å²) in [5.74, 6) is 1.84. The highest BCUT2D eigenvalue weighted by Gasteiger charge is 2.18. The van der Waals surface area contributed by atoms with E-state index in [0.717, 1.165) is 44.4 Å². The van der Waals surface area contributed by atoms with E-state index in [2.05, 4.69) is 27.0 Å². The lowest BCUT2D eigenvalue weighted by Gasteiger charge is -2.35. The molecule has 1 aromatic carbocycles. The van der Waals surface area contributed by atoms with E-state index in [1.165, 1.54) is 5.56 Å². The average molecular weight is 344 g/mol. The first-order valence-electron chi connectivity index (χ1n) is 8.75. The molecule has 130 valence electrons. The van der Waals surface area contributed by atoms with Crippen LogP contribution in [0.2, 0.25) is 0 Å². The summed E-state index contributed by atoms with van der Waals surface area (Å²) in [5, 5.41) is 13.1. The third kappa shape index (κ3) is 3.58. The number of benzene rings is 1. The molecule has 0 amide bonds. The molecule has 1 saturated heterocycles. The summed E-state index contributed by atoms with van der Waals surface area (Å²) in [6, 6.07) is 18.0. The Morgan fingerprint density at radius 3 is 2.38 bits per heavy atom. The Morgan fingerprint density at radius 2 is 1.69 bits per heavy atom. The van der Waals surface area contributed by atoms with Crippen LogP contribution in [0, 0.1) is 11.3 Å². The highest BCUT2D eigenvalue weighted by atomic mass is 15.3. The molecule has 26 heavy (non-hydrogen) atoms. The largest absolute Gasteiger partial charge is 0.354 e. The Kier molecular flexibility index (Phi) is 4.63. The number of hydrogen-bond acceptors (Lipinski definition) is 5. The number of hydrogen-bond donors (Lipinski definition) is 0. The number of anilines is 1. The molecule has 0 unspecified atom stereocenters. The van der Waals surface area contributed by atoms with Gasteiger partial charge in [0.25, 0.3) is 0 Å². The molecule has 3 heterocycles. The number of nitriles is 1. The van der Waals surface area contributed by atoms with Crippen LogP contribution in [0.1, 0.15) is 11.1 Å². The molecule has 0 bridgehead atoms.